The molecule has 2 aromatic rings. The summed E-state index contributed by atoms with van der Waals surface area (Å²) >= 11 is 3.51. The van der Waals surface area contributed by atoms with E-state index in [0.717, 1.165) is 15.7 Å². The number of nitrogens with one attached hydrogen (secondary N) is 1. The molecule has 1 N–H and O–H groups in total. The average molecular weight is 294 g/mol. The third-order valence-electron chi connectivity index (χ3n) is 2.37. The van der Waals surface area contributed by atoms with Crippen LogP contribution in [0.3, 0.4) is 0 Å². The molecule has 5 heteroatoms. The molecule has 1 heterocycles. The van der Waals surface area contributed by atoms with E-state index in [1.807, 2.05) is 24.3 Å². The van der Waals surface area contributed by atoms with Crippen LogP contribution in [-0.2, 0) is 0 Å². The molecule has 1 aromatic heterocycles. The van der Waals surface area contributed by atoms with Gasteiger partial charge < -0.3 is 10.1 Å². The third-order valence-corrected chi connectivity index (χ3v) is 3.07. The minimum Gasteiger partial charge on any atom is -0.491 e. The minimum atomic E-state index is 0.641. The Labute approximate surface area is 108 Å². The second kappa shape index (κ2) is 5.14. The van der Waals surface area contributed by atoms with E-state index in [2.05, 4.69) is 31.2 Å². The average Bonchev–Trinajstić information content (AvgIpc) is 2.38. The molecular weight excluding hydrogens is 282 g/mol. The Balaban J connectivity index is 2.63. The first-order chi connectivity index (χ1) is 8.27. The van der Waals surface area contributed by atoms with Crippen LogP contribution < -0.4 is 10.1 Å². The first kappa shape index (κ1) is 11.9. The van der Waals surface area contributed by atoms with Crippen molar-refractivity contribution in [3.63, 3.8) is 0 Å². The maximum absolute atomic E-state index is 5.37. The van der Waals surface area contributed by atoms with Gasteiger partial charge in [0.2, 0.25) is 0 Å². The summed E-state index contributed by atoms with van der Waals surface area (Å²) < 4.78 is 6.34. The number of rotatable bonds is 3. The fourth-order valence-corrected chi connectivity index (χ4v) is 2.06. The zero-order valence-electron chi connectivity index (χ0n) is 9.57. The second-order valence-corrected chi connectivity index (χ2v) is 4.19. The lowest BCUT2D eigenvalue weighted by molar-refractivity contribution is 0.415. The third kappa shape index (κ3) is 2.24. The molecule has 17 heavy (non-hydrogen) atoms. The number of anilines is 1. The van der Waals surface area contributed by atoms with E-state index in [0.29, 0.717) is 11.6 Å². The Hall–Kier alpha value is -1.62. The zero-order chi connectivity index (χ0) is 12.3. The van der Waals surface area contributed by atoms with Gasteiger partial charge in [-0.05, 0) is 6.07 Å². The maximum Gasteiger partial charge on any atom is 0.187 e. The molecule has 0 aliphatic heterocycles. The summed E-state index contributed by atoms with van der Waals surface area (Å²) in [5.41, 5.74) is 1.74. The first-order valence-electron chi connectivity index (χ1n) is 5.09. The number of aromatic nitrogens is 2. The van der Waals surface area contributed by atoms with E-state index in [1.54, 1.807) is 14.2 Å². The lowest BCUT2D eigenvalue weighted by Crippen LogP contribution is -2.00. The first-order valence-corrected chi connectivity index (χ1v) is 5.89. The van der Waals surface area contributed by atoms with Crippen molar-refractivity contribution < 1.29 is 4.74 Å². The largest absolute Gasteiger partial charge is 0.491 e. The number of halogens is 1. The molecule has 0 spiro atoms. The highest BCUT2D eigenvalue weighted by Gasteiger charge is 2.14. The Bertz CT molecular complexity index is 531. The number of benzene rings is 1. The fraction of sp³-hybridized carbons (Fsp3) is 0.167. The van der Waals surface area contributed by atoms with Crippen molar-refractivity contribution in [2.75, 3.05) is 19.5 Å². The van der Waals surface area contributed by atoms with Gasteiger partial charge in [-0.1, -0.05) is 34.1 Å². The predicted octanol–water partition coefficient (Wildman–Crippen LogP) is 2.96. The Morgan fingerprint density at radius 3 is 2.65 bits per heavy atom. The standard InChI is InChI=1S/C12H12BrN3O/c1-14-12-11(17-2)10(15-7-16-12)8-5-3-4-6-9(8)13/h3-7H,1-2H3,(H,14,15,16). The van der Waals surface area contributed by atoms with E-state index < -0.39 is 0 Å². The van der Waals surface area contributed by atoms with Crippen molar-refractivity contribution in [1.82, 2.24) is 9.97 Å². The van der Waals surface area contributed by atoms with Gasteiger partial charge >= 0.3 is 0 Å². The van der Waals surface area contributed by atoms with Gasteiger partial charge in [-0.15, -0.1) is 0 Å². The van der Waals surface area contributed by atoms with E-state index in [-0.39, 0.29) is 0 Å². The summed E-state index contributed by atoms with van der Waals surface area (Å²) in [4.78, 5) is 8.40. The molecule has 0 atom stereocenters. The summed E-state index contributed by atoms with van der Waals surface area (Å²) in [5, 5.41) is 2.98. The molecule has 0 saturated heterocycles. The molecule has 0 saturated carbocycles. The number of ether oxygens (including phenoxy) is 1. The van der Waals surface area contributed by atoms with Crippen LogP contribution in [0.2, 0.25) is 0 Å². The van der Waals surface area contributed by atoms with Crippen LogP contribution in [0.1, 0.15) is 0 Å². The van der Waals surface area contributed by atoms with Crippen molar-refractivity contribution in [3.8, 4) is 17.0 Å². The van der Waals surface area contributed by atoms with E-state index in [4.69, 9.17) is 4.74 Å². The monoisotopic (exact) mass is 293 g/mol. The van der Waals surface area contributed by atoms with Gasteiger partial charge in [0.15, 0.2) is 11.6 Å². The molecule has 0 unspecified atom stereocenters. The molecule has 2 rings (SSSR count). The fourth-order valence-electron chi connectivity index (χ4n) is 1.59. The summed E-state index contributed by atoms with van der Waals surface area (Å²) in [6, 6.07) is 7.87. The number of nitrogens with zero attached hydrogens (tertiary/aromatic N) is 2. The molecular formula is C12H12BrN3O. The Kier molecular flexibility index (Phi) is 3.58. The van der Waals surface area contributed by atoms with Gasteiger partial charge in [0.1, 0.15) is 12.0 Å². The molecule has 0 fully saturated rings. The van der Waals surface area contributed by atoms with Gasteiger partial charge in [-0.2, -0.15) is 0 Å². The summed E-state index contributed by atoms with van der Waals surface area (Å²) in [6.45, 7) is 0. The molecule has 1 aromatic carbocycles. The molecule has 0 amide bonds. The SMILES string of the molecule is CNc1ncnc(-c2ccccc2Br)c1OC. The van der Waals surface area contributed by atoms with Gasteiger partial charge in [0.25, 0.3) is 0 Å². The lowest BCUT2D eigenvalue weighted by atomic mass is 10.1. The zero-order valence-corrected chi connectivity index (χ0v) is 11.2. The van der Waals surface area contributed by atoms with Crippen LogP contribution >= 0.6 is 15.9 Å². The maximum atomic E-state index is 5.37. The second-order valence-electron chi connectivity index (χ2n) is 3.33. The quantitative estimate of drug-likeness (QED) is 0.945. The van der Waals surface area contributed by atoms with Crippen molar-refractivity contribution in [3.05, 3.63) is 35.1 Å². The van der Waals surface area contributed by atoms with E-state index in [1.165, 1.54) is 6.33 Å². The van der Waals surface area contributed by atoms with Crippen LogP contribution in [0, 0.1) is 0 Å². The highest BCUT2D eigenvalue weighted by molar-refractivity contribution is 9.10. The summed E-state index contributed by atoms with van der Waals surface area (Å²) in [5.74, 6) is 1.31. The van der Waals surface area contributed by atoms with Crippen LogP contribution in [-0.4, -0.2) is 24.1 Å². The summed E-state index contributed by atoms with van der Waals surface area (Å²) in [6.07, 6.45) is 1.52. The number of methoxy groups -OCH3 is 1. The smallest absolute Gasteiger partial charge is 0.187 e. The highest BCUT2D eigenvalue weighted by Crippen LogP contribution is 2.36. The molecule has 0 aliphatic carbocycles. The Morgan fingerprint density at radius 1 is 1.24 bits per heavy atom. The molecule has 0 aliphatic rings. The number of hydrogen-bond acceptors (Lipinski definition) is 4. The van der Waals surface area contributed by atoms with Crippen molar-refractivity contribution in [1.29, 1.82) is 0 Å². The van der Waals surface area contributed by atoms with Crippen molar-refractivity contribution >= 4 is 21.7 Å². The van der Waals surface area contributed by atoms with Crippen LogP contribution in [0.5, 0.6) is 5.75 Å². The normalized spacial score (nSPS) is 10.1. The minimum absolute atomic E-state index is 0.641. The Morgan fingerprint density at radius 2 is 2.00 bits per heavy atom. The van der Waals surface area contributed by atoms with Crippen LogP contribution in [0.15, 0.2) is 35.1 Å². The topological polar surface area (TPSA) is 47.0 Å². The van der Waals surface area contributed by atoms with Gasteiger partial charge in [-0.25, -0.2) is 9.97 Å². The van der Waals surface area contributed by atoms with Gasteiger partial charge in [-0.3, -0.25) is 0 Å². The number of hydrogen-bond donors (Lipinski definition) is 1. The van der Waals surface area contributed by atoms with Gasteiger partial charge in [0, 0.05) is 17.1 Å². The van der Waals surface area contributed by atoms with E-state index in [9.17, 15) is 0 Å². The molecule has 0 bridgehead atoms. The highest BCUT2D eigenvalue weighted by atomic mass is 79.9. The lowest BCUT2D eigenvalue weighted by Gasteiger charge is -2.12. The van der Waals surface area contributed by atoms with Gasteiger partial charge in [0.05, 0.1) is 7.11 Å². The van der Waals surface area contributed by atoms with Crippen molar-refractivity contribution in [2.24, 2.45) is 0 Å². The van der Waals surface area contributed by atoms with Crippen molar-refractivity contribution in [2.45, 2.75) is 0 Å². The van der Waals surface area contributed by atoms with Crippen LogP contribution in [0.4, 0.5) is 5.82 Å². The molecule has 4 nitrogen and oxygen atoms in total. The molecule has 0 radical (unpaired) electrons. The van der Waals surface area contributed by atoms with Crippen LogP contribution in [0.25, 0.3) is 11.3 Å². The predicted molar refractivity (Wildman–Crippen MR) is 71.3 cm³/mol. The molecule has 88 valence electrons. The van der Waals surface area contributed by atoms with E-state index >= 15 is 0 Å². The summed E-state index contributed by atoms with van der Waals surface area (Å²) in [7, 11) is 3.41.